The molecule has 1 rings (SSSR count). The lowest BCUT2D eigenvalue weighted by molar-refractivity contribution is 0.328. The van der Waals surface area contributed by atoms with Crippen molar-refractivity contribution in [2.24, 2.45) is 0 Å². The lowest BCUT2D eigenvalue weighted by atomic mass is 9.93. The molecule has 0 saturated heterocycles. The third-order valence-electron chi connectivity index (χ3n) is 1.61. The van der Waals surface area contributed by atoms with E-state index in [9.17, 15) is 0 Å². The second kappa shape index (κ2) is 3.13. The maximum absolute atomic E-state index is 5.18. The molecule has 0 aliphatic carbocycles. The molecule has 0 bridgehead atoms. The Morgan fingerprint density at radius 3 is 2.50 bits per heavy atom. The first-order valence-electron chi connectivity index (χ1n) is 4.14. The van der Waals surface area contributed by atoms with Gasteiger partial charge in [0.2, 0.25) is 0 Å². The molecule has 2 nitrogen and oxygen atoms in total. The number of allylic oxidation sites excluding steroid dienone is 1. The summed E-state index contributed by atoms with van der Waals surface area (Å²) in [6.45, 7) is 8.28. The van der Waals surface area contributed by atoms with Gasteiger partial charge in [0.15, 0.2) is 0 Å². The van der Waals surface area contributed by atoms with Crippen LogP contribution in [0.15, 0.2) is 16.7 Å². The maximum Gasteiger partial charge on any atom is 0.142 e. The van der Waals surface area contributed by atoms with Gasteiger partial charge in [0.1, 0.15) is 11.5 Å². The first-order chi connectivity index (χ1) is 5.54. The molecule has 0 aliphatic rings. The Kier molecular flexibility index (Phi) is 2.36. The molecule has 0 spiro atoms. The Morgan fingerprint density at radius 2 is 2.08 bits per heavy atom. The number of aromatic nitrogens is 1. The van der Waals surface area contributed by atoms with Crippen LogP contribution in [0.3, 0.4) is 0 Å². The van der Waals surface area contributed by atoms with Crippen molar-refractivity contribution in [3.8, 4) is 0 Å². The van der Waals surface area contributed by atoms with E-state index in [0.717, 1.165) is 11.5 Å². The van der Waals surface area contributed by atoms with Gasteiger partial charge in [-0.2, -0.15) is 0 Å². The van der Waals surface area contributed by atoms with E-state index in [2.05, 4.69) is 25.9 Å². The predicted molar refractivity (Wildman–Crippen MR) is 49.9 cm³/mol. The van der Waals surface area contributed by atoms with Gasteiger partial charge in [0.05, 0.1) is 0 Å². The molecule has 0 saturated carbocycles. The van der Waals surface area contributed by atoms with Gasteiger partial charge in [-0.05, 0) is 13.0 Å². The molecule has 0 fully saturated rings. The summed E-state index contributed by atoms with van der Waals surface area (Å²) < 4.78 is 5.18. The van der Waals surface area contributed by atoms with E-state index < -0.39 is 0 Å². The summed E-state index contributed by atoms with van der Waals surface area (Å²) in [7, 11) is 0. The summed E-state index contributed by atoms with van der Waals surface area (Å²) in [6.07, 6.45) is 3.88. The van der Waals surface area contributed by atoms with E-state index in [0.29, 0.717) is 0 Å². The maximum atomic E-state index is 5.18. The zero-order chi connectivity index (χ0) is 9.19. The van der Waals surface area contributed by atoms with Gasteiger partial charge < -0.3 is 4.52 Å². The van der Waals surface area contributed by atoms with Crippen LogP contribution in [0.25, 0.3) is 6.08 Å². The van der Waals surface area contributed by atoms with Crippen LogP contribution in [0.5, 0.6) is 0 Å². The fourth-order valence-electron chi connectivity index (χ4n) is 0.892. The van der Waals surface area contributed by atoms with Gasteiger partial charge in [-0.15, -0.1) is 0 Å². The third-order valence-corrected chi connectivity index (χ3v) is 1.61. The lowest BCUT2D eigenvalue weighted by Gasteiger charge is -2.11. The standard InChI is InChI=1S/C10H15NO/c1-5-6-8-7-9(12-11-8)10(2,3)4/h5-7H,1-4H3/b6-5+. The Labute approximate surface area is 73.3 Å². The van der Waals surface area contributed by atoms with Crippen LogP contribution in [-0.2, 0) is 5.41 Å². The monoisotopic (exact) mass is 165 g/mol. The van der Waals surface area contributed by atoms with E-state index in [1.54, 1.807) is 0 Å². The zero-order valence-electron chi connectivity index (χ0n) is 8.09. The molecule has 0 aliphatic heterocycles. The lowest BCUT2D eigenvalue weighted by Crippen LogP contribution is -2.09. The van der Waals surface area contributed by atoms with Crippen molar-refractivity contribution in [1.29, 1.82) is 0 Å². The van der Waals surface area contributed by atoms with Crippen LogP contribution in [0.4, 0.5) is 0 Å². The molecule has 1 aromatic heterocycles. The number of nitrogens with zero attached hydrogens (tertiary/aromatic N) is 1. The Bertz CT molecular complexity index is 278. The average molecular weight is 165 g/mol. The highest BCUT2D eigenvalue weighted by Crippen LogP contribution is 2.22. The van der Waals surface area contributed by atoms with Gasteiger partial charge in [0.25, 0.3) is 0 Å². The zero-order valence-corrected chi connectivity index (χ0v) is 8.09. The molecule has 12 heavy (non-hydrogen) atoms. The number of rotatable bonds is 1. The van der Waals surface area contributed by atoms with Gasteiger partial charge >= 0.3 is 0 Å². The summed E-state index contributed by atoms with van der Waals surface area (Å²) in [4.78, 5) is 0. The van der Waals surface area contributed by atoms with Crippen LogP contribution in [-0.4, -0.2) is 5.16 Å². The van der Waals surface area contributed by atoms with Crippen molar-refractivity contribution in [2.45, 2.75) is 33.1 Å². The van der Waals surface area contributed by atoms with Gasteiger partial charge in [-0.1, -0.05) is 32.0 Å². The summed E-state index contributed by atoms with van der Waals surface area (Å²) in [5.74, 6) is 0.926. The van der Waals surface area contributed by atoms with Crippen LogP contribution in [0.1, 0.15) is 39.1 Å². The average Bonchev–Trinajstić information content (AvgIpc) is 2.35. The van der Waals surface area contributed by atoms with E-state index in [4.69, 9.17) is 4.52 Å². The van der Waals surface area contributed by atoms with Gasteiger partial charge in [0, 0.05) is 11.5 Å². The molecule has 0 aromatic carbocycles. The van der Waals surface area contributed by atoms with Crippen LogP contribution in [0, 0.1) is 0 Å². The number of hydrogen-bond donors (Lipinski definition) is 0. The second-order valence-corrected chi connectivity index (χ2v) is 3.87. The summed E-state index contributed by atoms with van der Waals surface area (Å²) in [5, 5.41) is 3.91. The van der Waals surface area contributed by atoms with Crippen molar-refractivity contribution < 1.29 is 4.52 Å². The highest BCUT2D eigenvalue weighted by Gasteiger charge is 2.18. The fourth-order valence-corrected chi connectivity index (χ4v) is 0.892. The molecule has 66 valence electrons. The molecule has 0 atom stereocenters. The van der Waals surface area contributed by atoms with Crippen molar-refractivity contribution >= 4 is 6.08 Å². The Balaban J connectivity index is 2.92. The molecule has 2 heteroatoms. The molecule has 0 unspecified atom stereocenters. The van der Waals surface area contributed by atoms with Crippen LogP contribution < -0.4 is 0 Å². The SMILES string of the molecule is C/C=C/c1cc(C(C)(C)C)on1. The minimum Gasteiger partial charge on any atom is -0.360 e. The highest BCUT2D eigenvalue weighted by atomic mass is 16.5. The van der Waals surface area contributed by atoms with E-state index in [-0.39, 0.29) is 5.41 Å². The van der Waals surface area contributed by atoms with Crippen molar-refractivity contribution in [2.75, 3.05) is 0 Å². The molecule has 0 amide bonds. The summed E-state index contributed by atoms with van der Waals surface area (Å²) in [5.41, 5.74) is 0.940. The van der Waals surface area contributed by atoms with Crippen molar-refractivity contribution in [1.82, 2.24) is 5.16 Å². The minimum absolute atomic E-state index is 0.0484. The largest absolute Gasteiger partial charge is 0.360 e. The molecule has 0 radical (unpaired) electrons. The molecule has 0 N–H and O–H groups in total. The quantitative estimate of drug-likeness (QED) is 0.639. The van der Waals surface area contributed by atoms with Gasteiger partial charge in [-0.25, -0.2) is 0 Å². The van der Waals surface area contributed by atoms with Gasteiger partial charge in [-0.3, -0.25) is 0 Å². The smallest absolute Gasteiger partial charge is 0.142 e. The number of hydrogen-bond acceptors (Lipinski definition) is 2. The molecular formula is C10H15NO. The molecular weight excluding hydrogens is 150 g/mol. The van der Waals surface area contributed by atoms with Crippen LogP contribution in [0.2, 0.25) is 0 Å². The van der Waals surface area contributed by atoms with Crippen molar-refractivity contribution in [3.63, 3.8) is 0 Å². The van der Waals surface area contributed by atoms with Crippen molar-refractivity contribution in [3.05, 3.63) is 23.6 Å². The summed E-state index contributed by atoms with van der Waals surface area (Å²) in [6, 6.07) is 1.97. The minimum atomic E-state index is 0.0484. The normalized spacial score (nSPS) is 12.7. The molecule has 1 heterocycles. The first kappa shape index (κ1) is 9.04. The van der Waals surface area contributed by atoms with E-state index >= 15 is 0 Å². The molecule has 1 aromatic rings. The van der Waals surface area contributed by atoms with E-state index in [1.807, 2.05) is 25.1 Å². The summed E-state index contributed by atoms with van der Waals surface area (Å²) >= 11 is 0. The highest BCUT2D eigenvalue weighted by molar-refractivity contribution is 5.43. The topological polar surface area (TPSA) is 26.0 Å². The Hall–Kier alpha value is -1.05. The van der Waals surface area contributed by atoms with Crippen LogP contribution >= 0.6 is 0 Å². The van der Waals surface area contributed by atoms with E-state index in [1.165, 1.54) is 0 Å². The second-order valence-electron chi connectivity index (χ2n) is 3.87. The third kappa shape index (κ3) is 1.97. The Morgan fingerprint density at radius 1 is 1.42 bits per heavy atom. The fraction of sp³-hybridized carbons (Fsp3) is 0.500. The predicted octanol–water partition coefficient (Wildman–Crippen LogP) is 3.01. The first-order valence-corrected chi connectivity index (χ1v) is 4.14.